The molecule has 0 amide bonds. The molecule has 129 valence electrons. The zero-order chi connectivity index (χ0) is 17.5. The Hall–Kier alpha value is -3.05. The minimum absolute atomic E-state index is 0. The van der Waals surface area contributed by atoms with Crippen LogP contribution >= 0.6 is 0 Å². The number of aromatic nitrogens is 1. The number of pyridine rings is 1. The maximum absolute atomic E-state index is 9.15. The first-order valence-electron chi connectivity index (χ1n) is 8.46. The van der Waals surface area contributed by atoms with Crippen molar-refractivity contribution in [1.82, 2.24) is 4.98 Å². The van der Waals surface area contributed by atoms with Crippen LogP contribution in [0.2, 0.25) is 0 Å². The summed E-state index contributed by atoms with van der Waals surface area (Å²) in [6, 6.07) is 30.2. The van der Waals surface area contributed by atoms with Crippen molar-refractivity contribution in [3.05, 3.63) is 90.6 Å². The van der Waals surface area contributed by atoms with Crippen molar-refractivity contribution >= 4 is 32.3 Å². The van der Waals surface area contributed by atoms with Gasteiger partial charge in [-0.15, -0.1) is 23.8 Å². The van der Waals surface area contributed by atoms with E-state index < -0.39 is 0 Å². The summed E-state index contributed by atoms with van der Waals surface area (Å²) < 4.78 is 0. The number of hydrogen-bond donors (Lipinski definition) is 0. The van der Waals surface area contributed by atoms with Crippen molar-refractivity contribution in [2.24, 2.45) is 0 Å². The van der Waals surface area contributed by atoms with E-state index in [1.54, 1.807) is 18.3 Å². The Morgan fingerprint density at radius 2 is 1.33 bits per heavy atom. The fraction of sp³-hybridized carbons (Fsp3) is 0. The average molecular weight is 522 g/mol. The first-order chi connectivity index (χ1) is 12.8. The minimum atomic E-state index is 0. The van der Waals surface area contributed by atoms with Gasteiger partial charge in [0.15, 0.2) is 0 Å². The summed E-state index contributed by atoms with van der Waals surface area (Å²) in [5.41, 5.74) is 2.27. The zero-order valence-electron chi connectivity index (χ0n) is 14.2. The largest absolute Gasteiger partial charge is 0.305 e. The Morgan fingerprint density at radius 1 is 0.741 bits per heavy atom. The van der Waals surface area contributed by atoms with Crippen molar-refractivity contribution in [3.8, 4) is 17.3 Å². The van der Waals surface area contributed by atoms with Crippen LogP contribution in [0.4, 0.5) is 0 Å². The Kier molecular flexibility index (Phi) is 4.46. The van der Waals surface area contributed by atoms with Crippen LogP contribution in [0, 0.1) is 17.4 Å². The van der Waals surface area contributed by atoms with Gasteiger partial charge in [0.25, 0.3) is 0 Å². The number of benzene rings is 4. The van der Waals surface area contributed by atoms with E-state index in [9.17, 15) is 0 Å². The standard InChI is InChI=1S/C24H13N2.Ir/c25-15-16-11-12-26-24(13-16)17-9-10-22-20-7-2-1-5-18(20)19-6-3-4-8-21(19)23(22)14-17;/h1-8,10-14H;/q-1;. The molecule has 0 aliphatic rings. The quantitative estimate of drug-likeness (QED) is 0.204. The monoisotopic (exact) mass is 522 g/mol. The molecule has 5 rings (SSSR count). The SMILES string of the molecule is N#Cc1ccnc(-c2[c-]cc3c4ccccc4c4ccccc4c3c2)c1.[Ir]. The molecular formula is C24H13IrN2-. The number of nitrogens with zero attached hydrogens (tertiary/aromatic N) is 2. The van der Waals surface area contributed by atoms with Crippen LogP contribution in [0.1, 0.15) is 5.56 Å². The third-order valence-corrected chi connectivity index (χ3v) is 4.84. The van der Waals surface area contributed by atoms with E-state index in [4.69, 9.17) is 5.26 Å². The molecule has 1 heterocycles. The van der Waals surface area contributed by atoms with E-state index in [0.29, 0.717) is 5.56 Å². The average Bonchev–Trinajstić information content (AvgIpc) is 2.73. The molecule has 0 atom stereocenters. The molecule has 0 saturated heterocycles. The van der Waals surface area contributed by atoms with Gasteiger partial charge in [0, 0.05) is 31.9 Å². The summed E-state index contributed by atoms with van der Waals surface area (Å²) in [4.78, 5) is 4.42. The summed E-state index contributed by atoms with van der Waals surface area (Å²) in [5, 5.41) is 16.4. The van der Waals surface area contributed by atoms with Crippen LogP contribution < -0.4 is 0 Å². The molecule has 2 nitrogen and oxygen atoms in total. The first-order valence-corrected chi connectivity index (χ1v) is 8.46. The van der Waals surface area contributed by atoms with Crippen molar-refractivity contribution in [3.63, 3.8) is 0 Å². The Bertz CT molecular complexity index is 1310. The second kappa shape index (κ2) is 6.93. The van der Waals surface area contributed by atoms with Crippen molar-refractivity contribution in [2.75, 3.05) is 0 Å². The summed E-state index contributed by atoms with van der Waals surface area (Å²) in [6.45, 7) is 0. The molecule has 0 saturated carbocycles. The summed E-state index contributed by atoms with van der Waals surface area (Å²) in [6.07, 6.45) is 1.67. The van der Waals surface area contributed by atoms with Crippen LogP contribution in [0.5, 0.6) is 0 Å². The van der Waals surface area contributed by atoms with Gasteiger partial charge >= 0.3 is 0 Å². The molecule has 0 spiro atoms. The van der Waals surface area contributed by atoms with Crippen LogP contribution in [-0.4, -0.2) is 4.98 Å². The van der Waals surface area contributed by atoms with Gasteiger partial charge in [-0.05, 0) is 27.9 Å². The second-order valence-corrected chi connectivity index (χ2v) is 6.31. The van der Waals surface area contributed by atoms with Gasteiger partial charge in [0.1, 0.15) is 0 Å². The first kappa shape index (κ1) is 17.4. The summed E-state index contributed by atoms with van der Waals surface area (Å²) in [7, 11) is 0. The molecule has 0 aliphatic heterocycles. The normalized spacial score (nSPS) is 10.6. The van der Waals surface area contributed by atoms with Gasteiger partial charge in [-0.25, -0.2) is 0 Å². The van der Waals surface area contributed by atoms with Gasteiger partial charge in [-0.1, -0.05) is 70.8 Å². The molecule has 1 radical (unpaired) electrons. The molecule has 1 aromatic heterocycles. The van der Waals surface area contributed by atoms with Crippen molar-refractivity contribution < 1.29 is 20.1 Å². The Balaban J connectivity index is 0.00000180. The zero-order valence-corrected chi connectivity index (χ0v) is 16.6. The van der Waals surface area contributed by atoms with Crippen LogP contribution in [0.15, 0.2) is 79.0 Å². The fourth-order valence-electron chi connectivity index (χ4n) is 3.64. The predicted octanol–water partition coefficient (Wildman–Crippen LogP) is 5.88. The topological polar surface area (TPSA) is 36.7 Å². The van der Waals surface area contributed by atoms with Crippen LogP contribution in [-0.2, 0) is 20.1 Å². The Morgan fingerprint density at radius 3 is 1.96 bits per heavy atom. The van der Waals surface area contributed by atoms with Gasteiger partial charge < -0.3 is 4.98 Å². The van der Waals surface area contributed by atoms with Crippen LogP contribution in [0.3, 0.4) is 0 Å². The van der Waals surface area contributed by atoms with Crippen LogP contribution in [0.25, 0.3) is 43.6 Å². The predicted molar refractivity (Wildman–Crippen MR) is 106 cm³/mol. The van der Waals surface area contributed by atoms with E-state index >= 15 is 0 Å². The van der Waals surface area contributed by atoms with Gasteiger partial charge in [-0.3, -0.25) is 0 Å². The number of hydrogen-bond acceptors (Lipinski definition) is 2. The number of nitriles is 1. The molecule has 0 unspecified atom stereocenters. The molecule has 0 N–H and O–H groups in total. The summed E-state index contributed by atoms with van der Waals surface area (Å²) >= 11 is 0. The van der Waals surface area contributed by atoms with Gasteiger partial charge in [0.2, 0.25) is 0 Å². The van der Waals surface area contributed by atoms with Gasteiger partial charge in [0.05, 0.1) is 6.07 Å². The molecule has 0 bridgehead atoms. The van der Waals surface area contributed by atoms with Crippen molar-refractivity contribution in [2.45, 2.75) is 0 Å². The van der Waals surface area contributed by atoms with Gasteiger partial charge in [-0.2, -0.15) is 5.26 Å². The van der Waals surface area contributed by atoms with Crippen molar-refractivity contribution in [1.29, 1.82) is 5.26 Å². The molecule has 4 aromatic carbocycles. The third kappa shape index (κ3) is 2.80. The minimum Gasteiger partial charge on any atom is -0.305 e. The molecular weight excluding hydrogens is 508 g/mol. The van der Waals surface area contributed by atoms with E-state index in [-0.39, 0.29) is 20.1 Å². The van der Waals surface area contributed by atoms with E-state index in [2.05, 4.69) is 71.7 Å². The fourth-order valence-corrected chi connectivity index (χ4v) is 3.64. The molecule has 3 heteroatoms. The maximum atomic E-state index is 9.15. The number of fused-ring (bicyclic) bond motifs is 6. The molecule has 5 aromatic rings. The Labute approximate surface area is 170 Å². The van der Waals surface area contributed by atoms with E-state index in [1.807, 2.05) is 6.07 Å². The van der Waals surface area contributed by atoms with E-state index in [1.165, 1.54) is 32.3 Å². The smallest absolute Gasteiger partial charge is 0.0984 e. The molecule has 0 fully saturated rings. The van der Waals surface area contributed by atoms with E-state index in [0.717, 1.165) is 11.3 Å². The molecule has 27 heavy (non-hydrogen) atoms. The second-order valence-electron chi connectivity index (χ2n) is 6.31. The maximum Gasteiger partial charge on any atom is 0.0984 e. The third-order valence-electron chi connectivity index (χ3n) is 4.84. The summed E-state index contributed by atoms with van der Waals surface area (Å²) in [5.74, 6) is 0. The molecule has 0 aliphatic carbocycles. The number of rotatable bonds is 1.